The summed E-state index contributed by atoms with van der Waals surface area (Å²) < 4.78 is 13.3. The number of nitrogen functional groups attached to an aromatic ring is 1. The van der Waals surface area contributed by atoms with Crippen LogP contribution in [-0.4, -0.2) is 28.7 Å². The molecule has 0 radical (unpaired) electrons. The zero-order valence-corrected chi connectivity index (χ0v) is 10.5. The van der Waals surface area contributed by atoms with Crippen LogP contribution in [0.25, 0.3) is 0 Å². The van der Waals surface area contributed by atoms with E-state index in [1.54, 1.807) is 0 Å². The molecular formula is C13H12FN3O3. The topological polar surface area (TPSA) is 92.5 Å². The fourth-order valence-corrected chi connectivity index (χ4v) is 2.65. The highest BCUT2D eigenvalue weighted by Gasteiger charge is 2.39. The molecule has 0 aliphatic carbocycles. The highest BCUT2D eigenvalue weighted by atomic mass is 19.1. The van der Waals surface area contributed by atoms with Gasteiger partial charge in [-0.1, -0.05) is 0 Å². The van der Waals surface area contributed by atoms with Gasteiger partial charge in [-0.25, -0.2) is 4.39 Å². The number of nitrogens with one attached hydrogen (secondary N) is 1. The number of nitrogens with zero attached hydrogens (tertiary/aromatic N) is 1. The third kappa shape index (κ3) is 1.82. The monoisotopic (exact) mass is 277 g/mol. The third-order valence-corrected chi connectivity index (χ3v) is 3.66. The number of nitrogens with two attached hydrogens (primary N) is 1. The lowest BCUT2D eigenvalue weighted by atomic mass is 10.0. The normalized spacial score (nSPS) is 21.9. The van der Waals surface area contributed by atoms with Gasteiger partial charge in [0.2, 0.25) is 11.8 Å². The van der Waals surface area contributed by atoms with Crippen molar-refractivity contribution in [3.63, 3.8) is 0 Å². The van der Waals surface area contributed by atoms with Crippen LogP contribution in [0.15, 0.2) is 12.1 Å². The van der Waals surface area contributed by atoms with Crippen molar-refractivity contribution in [1.82, 2.24) is 10.2 Å². The number of hydrogen-bond acceptors (Lipinski definition) is 4. The molecule has 0 aromatic heterocycles. The molecule has 0 bridgehead atoms. The zero-order valence-electron chi connectivity index (χ0n) is 10.5. The van der Waals surface area contributed by atoms with Crippen molar-refractivity contribution in [2.45, 2.75) is 25.4 Å². The molecule has 1 fully saturated rings. The second-order valence-corrected chi connectivity index (χ2v) is 4.92. The molecule has 3 N–H and O–H groups in total. The Labute approximate surface area is 113 Å². The lowest BCUT2D eigenvalue weighted by Crippen LogP contribution is -2.52. The summed E-state index contributed by atoms with van der Waals surface area (Å²) in [6.07, 6.45) is 0.452. The Hall–Kier alpha value is -2.44. The fraction of sp³-hybridized carbons (Fsp3) is 0.308. The molecule has 104 valence electrons. The minimum atomic E-state index is -0.713. The third-order valence-electron chi connectivity index (χ3n) is 3.66. The van der Waals surface area contributed by atoms with E-state index >= 15 is 0 Å². The maximum absolute atomic E-state index is 13.3. The lowest BCUT2D eigenvalue weighted by molar-refractivity contribution is -0.136. The van der Waals surface area contributed by atoms with Gasteiger partial charge in [0, 0.05) is 29.8 Å². The van der Waals surface area contributed by atoms with E-state index < -0.39 is 23.7 Å². The first-order valence-corrected chi connectivity index (χ1v) is 6.20. The molecule has 2 aliphatic rings. The Morgan fingerprint density at radius 3 is 2.75 bits per heavy atom. The van der Waals surface area contributed by atoms with Crippen molar-refractivity contribution >= 4 is 23.4 Å². The molecule has 1 atom stereocenters. The molecule has 3 amide bonds. The van der Waals surface area contributed by atoms with Crippen LogP contribution in [0, 0.1) is 5.82 Å². The van der Waals surface area contributed by atoms with Crippen molar-refractivity contribution < 1.29 is 18.8 Å². The van der Waals surface area contributed by atoms with Crippen LogP contribution in [0.4, 0.5) is 10.1 Å². The van der Waals surface area contributed by atoms with Gasteiger partial charge in [0.05, 0.1) is 0 Å². The molecule has 3 rings (SSSR count). The average Bonchev–Trinajstić information content (AvgIpc) is 2.68. The Morgan fingerprint density at radius 2 is 2.05 bits per heavy atom. The highest BCUT2D eigenvalue weighted by molar-refractivity contribution is 6.06. The number of carbonyl (C=O) groups excluding carboxylic acids is 3. The number of amides is 3. The SMILES string of the molecule is Nc1cc(F)cc2c1CN(C1CCC(=O)NC1=O)C2=O. The zero-order chi connectivity index (χ0) is 14.4. The summed E-state index contributed by atoms with van der Waals surface area (Å²) in [5.74, 6) is -1.86. The Balaban J connectivity index is 1.92. The van der Waals surface area contributed by atoms with E-state index in [9.17, 15) is 18.8 Å². The van der Waals surface area contributed by atoms with Crippen LogP contribution in [0.1, 0.15) is 28.8 Å². The Morgan fingerprint density at radius 1 is 1.30 bits per heavy atom. The van der Waals surface area contributed by atoms with Crippen LogP contribution in [0.3, 0.4) is 0 Å². The molecule has 2 aliphatic heterocycles. The van der Waals surface area contributed by atoms with Gasteiger partial charge >= 0.3 is 0 Å². The number of rotatable bonds is 1. The molecule has 7 heteroatoms. The summed E-state index contributed by atoms with van der Waals surface area (Å²) in [6, 6.07) is 1.56. The van der Waals surface area contributed by atoms with Gasteiger partial charge in [-0.3, -0.25) is 19.7 Å². The predicted molar refractivity (Wildman–Crippen MR) is 66.9 cm³/mol. The Bertz CT molecular complexity index is 644. The highest BCUT2D eigenvalue weighted by Crippen LogP contribution is 2.31. The predicted octanol–water partition coefficient (Wildman–Crippen LogP) is 0.169. The van der Waals surface area contributed by atoms with Crippen LogP contribution in [-0.2, 0) is 16.1 Å². The number of anilines is 1. The standard InChI is InChI=1S/C13H12FN3O3/c14-6-3-7-8(9(15)4-6)5-17(13(7)20)10-1-2-11(18)16-12(10)19/h3-4,10H,1-2,5,15H2,(H,16,18,19). The van der Waals surface area contributed by atoms with Crippen LogP contribution in [0.5, 0.6) is 0 Å². The van der Waals surface area contributed by atoms with Crippen molar-refractivity contribution in [3.8, 4) is 0 Å². The first-order chi connectivity index (χ1) is 9.47. The van der Waals surface area contributed by atoms with E-state index in [1.165, 1.54) is 4.90 Å². The summed E-state index contributed by atoms with van der Waals surface area (Å²) >= 11 is 0. The first kappa shape index (κ1) is 12.6. The Kier molecular flexibility index (Phi) is 2.70. The van der Waals surface area contributed by atoms with E-state index in [4.69, 9.17) is 5.73 Å². The first-order valence-electron chi connectivity index (χ1n) is 6.20. The number of hydrogen-bond donors (Lipinski definition) is 2. The van der Waals surface area contributed by atoms with E-state index in [2.05, 4.69) is 5.32 Å². The number of halogens is 1. The van der Waals surface area contributed by atoms with Gasteiger partial charge in [0.15, 0.2) is 0 Å². The molecule has 0 saturated carbocycles. The summed E-state index contributed by atoms with van der Waals surface area (Å²) in [4.78, 5) is 36.5. The van der Waals surface area contributed by atoms with Crippen molar-refractivity contribution in [3.05, 3.63) is 29.1 Å². The van der Waals surface area contributed by atoms with E-state index in [-0.39, 0.29) is 36.5 Å². The van der Waals surface area contributed by atoms with E-state index in [0.29, 0.717) is 5.56 Å². The lowest BCUT2D eigenvalue weighted by Gasteiger charge is -2.29. The molecule has 0 spiro atoms. The summed E-state index contributed by atoms with van der Waals surface area (Å²) in [5.41, 5.74) is 6.62. The van der Waals surface area contributed by atoms with Crippen LogP contribution >= 0.6 is 0 Å². The number of fused-ring (bicyclic) bond motifs is 1. The number of imide groups is 1. The molecule has 1 aromatic carbocycles. The summed E-state index contributed by atoms with van der Waals surface area (Å²) in [7, 11) is 0. The number of carbonyl (C=O) groups is 3. The molecule has 1 aromatic rings. The van der Waals surface area contributed by atoms with Gasteiger partial charge < -0.3 is 10.6 Å². The van der Waals surface area contributed by atoms with Gasteiger partial charge in [0.1, 0.15) is 11.9 Å². The fourth-order valence-electron chi connectivity index (χ4n) is 2.65. The average molecular weight is 277 g/mol. The van der Waals surface area contributed by atoms with Crippen molar-refractivity contribution in [2.24, 2.45) is 0 Å². The molecule has 20 heavy (non-hydrogen) atoms. The van der Waals surface area contributed by atoms with E-state index in [0.717, 1.165) is 12.1 Å². The summed E-state index contributed by atoms with van der Waals surface area (Å²) in [6.45, 7) is 0.159. The number of benzene rings is 1. The quantitative estimate of drug-likeness (QED) is 0.565. The molecule has 1 unspecified atom stereocenters. The van der Waals surface area contributed by atoms with Crippen molar-refractivity contribution in [2.75, 3.05) is 5.73 Å². The second kappa shape index (κ2) is 4.29. The van der Waals surface area contributed by atoms with Gasteiger partial charge in [-0.05, 0) is 18.6 Å². The smallest absolute Gasteiger partial charge is 0.255 e. The van der Waals surface area contributed by atoms with Gasteiger partial charge in [-0.2, -0.15) is 0 Å². The molecule has 6 nitrogen and oxygen atoms in total. The maximum atomic E-state index is 13.3. The molecular weight excluding hydrogens is 265 g/mol. The van der Waals surface area contributed by atoms with Crippen LogP contribution < -0.4 is 11.1 Å². The second-order valence-electron chi connectivity index (χ2n) is 4.92. The minimum Gasteiger partial charge on any atom is -0.398 e. The maximum Gasteiger partial charge on any atom is 0.255 e. The number of piperidine rings is 1. The van der Waals surface area contributed by atoms with E-state index in [1.807, 2.05) is 0 Å². The summed E-state index contributed by atoms with van der Waals surface area (Å²) in [5, 5.41) is 2.20. The van der Waals surface area contributed by atoms with Gasteiger partial charge in [-0.15, -0.1) is 0 Å². The van der Waals surface area contributed by atoms with Gasteiger partial charge in [0.25, 0.3) is 5.91 Å². The molecule has 2 heterocycles. The molecule has 1 saturated heterocycles. The van der Waals surface area contributed by atoms with Crippen LogP contribution in [0.2, 0.25) is 0 Å². The van der Waals surface area contributed by atoms with Crippen molar-refractivity contribution in [1.29, 1.82) is 0 Å². The largest absolute Gasteiger partial charge is 0.398 e. The minimum absolute atomic E-state index is 0.159.